The maximum absolute atomic E-state index is 13.4. The second-order valence-electron chi connectivity index (χ2n) is 4.00. The van der Waals surface area contributed by atoms with Gasteiger partial charge in [-0.05, 0) is 30.3 Å². The first-order chi connectivity index (χ1) is 9.56. The third-order valence-corrected chi connectivity index (χ3v) is 4.06. The molecule has 0 bridgehead atoms. The van der Waals surface area contributed by atoms with Gasteiger partial charge >= 0.3 is 0 Å². The summed E-state index contributed by atoms with van der Waals surface area (Å²) in [4.78, 5) is 12.6. The van der Waals surface area contributed by atoms with Crippen LogP contribution in [0.5, 0.6) is 0 Å². The molecular weight excluding hydrogens is 343 g/mol. The number of hydrogen-bond donors (Lipinski definition) is 2. The first kappa shape index (κ1) is 14.9. The molecule has 0 radical (unpaired) electrons. The average Bonchev–Trinajstić information content (AvgIpc) is 2.40. The van der Waals surface area contributed by atoms with E-state index in [1.807, 2.05) is 12.1 Å². The molecule has 0 atom stereocenters. The largest absolute Gasteiger partial charge is 0.398 e. The number of rotatable bonds is 4. The van der Waals surface area contributed by atoms with Gasteiger partial charge in [0.2, 0.25) is 5.91 Å². The Labute approximate surface area is 128 Å². The molecule has 20 heavy (non-hydrogen) atoms. The molecule has 3 nitrogen and oxygen atoms in total. The zero-order valence-corrected chi connectivity index (χ0v) is 12.8. The van der Waals surface area contributed by atoms with Crippen molar-refractivity contribution in [3.8, 4) is 0 Å². The van der Waals surface area contributed by atoms with E-state index >= 15 is 0 Å². The van der Waals surface area contributed by atoms with Crippen LogP contribution < -0.4 is 11.1 Å². The quantitative estimate of drug-likeness (QED) is 0.646. The molecule has 0 heterocycles. The van der Waals surface area contributed by atoms with Crippen molar-refractivity contribution < 1.29 is 9.18 Å². The number of nitrogen functional groups attached to an aromatic ring is 1. The van der Waals surface area contributed by atoms with Gasteiger partial charge in [0.1, 0.15) is 5.82 Å². The topological polar surface area (TPSA) is 55.1 Å². The first-order valence-electron chi connectivity index (χ1n) is 5.78. The average molecular weight is 355 g/mol. The number of nitrogens with two attached hydrogens (primary N) is 1. The van der Waals surface area contributed by atoms with E-state index in [0.29, 0.717) is 5.69 Å². The van der Waals surface area contributed by atoms with Crippen LogP contribution in [-0.2, 0) is 4.79 Å². The molecule has 0 aliphatic heterocycles. The molecule has 0 aliphatic carbocycles. The molecule has 0 saturated heterocycles. The van der Waals surface area contributed by atoms with Crippen LogP contribution >= 0.6 is 27.7 Å². The fraction of sp³-hybridized carbons (Fsp3) is 0.0714. The maximum atomic E-state index is 13.4. The number of carbonyl (C=O) groups excluding carboxylic acids is 1. The van der Waals surface area contributed by atoms with E-state index in [0.717, 1.165) is 9.37 Å². The number of halogens is 2. The fourth-order valence-electron chi connectivity index (χ4n) is 1.54. The van der Waals surface area contributed by atoms with Crippen molar-refractivity contribution in [1.82, 2.24) is 0 Å². The number of amides is 1. The van der Waals surface area contributed by atoms with Gasteiger partial charge in [-0.25, -0.2) is 4.39 Å². The summed E-state index contributed by atoms with van der Waals surface area (Å²) >= 11 is 4.63. The maximum Gasteiger partial charge on any atom is 0.234 e. The minimum atomic E-state index is -0.450. The second-order valence-corrected chi connectivity index (χ2v) is 5.93. The predicted octanol–water partition coefficient (Wildman–Crippen LogP) is 3.90. The Bertz CT molecular complexity index is 636. The fourth-order valence-corrected chi connectivity index (χ4v) is 2.67. The summed E-state index contributed by atoms with van der Waals surface area (Å²) in [6.45, 7) is 0. The SMILES string of the molecule is Nc1cc(Br)ccc1SCC(=O)Nc1ccccc1F. The normalized spacial score (nSPS) is 10.3. The van der Waals surface area contributed by atoms with Gasteiger partial charge in [0, 0.05) is 15.1 Å². The summed E-state index contributed by atoms with van der Waals surface area (Å²) < 4.78 is 14.3. The Morgan fingerprint density at radius 2 is 2.05 bits per heavy atom. The zero-order chi connectivity index (χ0) is 14.5. The van der Waals surface area contributed by atoms with E-state index in [2.05, 4.69) is 21.2 Å². The number of hydrogen-bond acceptors (Lipinski definition) is 3. The molecule has 0 saturated carbocycles. The van der Waals surface area contributed by atoms with Gasteiger partial charge < -0.3 is 11.1 Å². The highest BCUT2D eigenvalue weighted by Crippen LogP contribution is 2.27. The zero-order valence-electron chi connectivity index (χ0n) is 10.4. The molecule has 0 aliphatic rings. The van der Waals surface area contributed by atoms with E-state index in [-0.39, 0.29) is 17.3 Å². The molecule has 2 aromatic rings. The van der Waals surface area contributed by atoms with Crippen molar-refractivity contribution in [3.05, 3.63) is 52.8 Å². The molecule has 104 valence electrons. The van der Waals surface area contributed by atoms with Crippen molar-refractivity contribution in [2.45, 2.75) is 4.90 Å². The van der Waals surface area contributed by atoms with Crippen molar-refractivity contribution >= 4 is 45.0 Å². The van der Waals surface area contributed by atoms with Crippen LogP contribution in [0.25, 0.3) is 0 Å². The highest BCUT2D eigenvalue weighted by molar-refractivity contribution is 9.10. The molecule has 1 amide bonds. The minimum Gasteiger partial charge on any atom is -0.398 e. The van der Waals surface area contributed by atoms with Crippen LogP contribution in [0.4, 0.5) is 15.8 Å². The number of nitrogens with one attached hydrogen (secondary N) is 1. The van der Waals surface area contributed by atoms with Crippen LogP contribution in [0.3, 0.4) is 0 Å². The van der Waals surface area contributed by atoms with Crippen molar-refractivity contribution in [3.63, 3.8) is 0 Å². The third-order valence-electron chi connectivity index (χ3n) is 2.48. The summed E-state index contributed by atoms with van der Waals surface area (Å²) in [7, 11) is 0. The first-order valence-corrected chi connectivity index (χ1v) is 7.56. The Hall–Kier alpha value is -1.53. The van der Waals surface area contributed by atoms with Gasteiger partial charge in [-0.2, -0.15) is 0 Å². The highest BCUT2D eigenvalue weighted by Gasteiger charge is 2.08. The molecular formula is C14H12BrFN2OS. The molecule has 6 heteroatoms. The molecule has 3 N–H and O–H groups in total. The predicted molar refractivity (Wildman–Crippen MR) is 84.3 cm³/mol. The second kappa shape index (κ2) is 6.76. The Kier molecular flexibility index (Phi) is 5.03. The van der Waals surface area contributed by atoms with E-state index in [1.54, 1.807) is 18.2 Å². The van der Waals surface area contributed by atoms with Crippen molar-refractivity contribution in [2.75, 3.05) is 16.8 Å². The number of anilines is 2. The van der Waals surface area contributed by atoms with Crippen molar-refractivity contribution in [1.29, 1.82) is 0 Å². The number of carbonyl (C=O) groups is 1. The van der Waals surface area contributed by atoms with Gasteiger partial charge in [0.25, 0.3) is 0 Å². The molecule has 0 aromatic heterocycles. The monoisotopic (exact) mass is 354 g/mol. The van der Waals surface area contributed by atoms with Crippen LogP contribution in [0.15, 0.2) is 51.8 Å². The lowest BCUT2D eigenvalue weighted by molar-refractivity contribution is -0.113. The van der Waals surface area contributed by atoms with Crippen LogP contribution in [-0.4, -0.2) is 11.7 Å². The Balaban J connectivity index is 1.94. The summed E-state index contributed by atoms with van der Waals surface area (Å²) in [6, 6.07) is 11.5. The summed E-state index contributed by atoms with van der Waals surface area (Å²) in [5.74, 6) is -0.559. The van der Waals surface area contributed by atoms with Crippen LogP contribution in [0.2, 0.25) is 0 Å². The Morgan fingerprint density at radius 3 is 2.75 bits per heavy atom. The lowest BCUT2D eigenvalue weighted by Gasteiger charge is -2.07. The third kappa shape index (κ3) is 3.98. The molecule has 0 fully saturated rings. The minimum absolute atomic E-state index is 0.167. The smallest absolute Gasteiger partial charge is 0.234 e. The van der Waals surface area contributed by atoms with E-state index in [4.69, 9.17) is 5.73 Å². The van der Waals surface area contributed by atoms with Gasteiger partial charge in [-0.3, -0.25) is 4.79 Å². The van der Waals surface area contributed by atoms with Gasteiger partial charge in [-0.15, -0.1) is 11.8 Å². The number of para-hydroxylation sites is 1. The number of benzene rings is 2. The molecule has 0 unspecified atom stereocenters. The lowest BCUT2D eigenvalue weighted by atomic mass is 10.3. The van der Waals surface area contributed by atoms with E-state index < -0.39 is 5.82 Å². The lowest BCUT2D eigenvalue weighted by Crippen LogP contribution is -2.15. The molecule has 0 spiro atoms. The highest BCUT2D eigenvalue weighted by atomic mass is 79.9. The van der Waals surface area contributed by atoms with Gasteiger partial charge in [-0.1, -0.05) is 28.1 Å². The van der Waals surface area contributed by atoms with Crippen LogP contribution in [0, 0.1) is 5.82 Å². The molecule has 2 aromatic carbocycles. The van der Waals surface area contributed by atoms with E-state index in [9.17, 15) is 9.18 Å². The summed E-state index contributed by atoms with van der Waals surface area (Å²) in [5.41, 5.74) is 6.62. The summed E-state index contributed by atoms with van der Waals surface area (Å²) in [5, 5.41) is 2.53. The van der Waals surface area contributed by atoms with Crippen molar-refractivity contribution in [2.24, 2.45) is 0 Å². The number of thioether (sulfide) groups is 1. The molecule has 2 rings (SSSR count). The van der Waals surface area contributed by atoms with E-state index in [1.165, 1.54) is 23.9 Å². The Morgan fingerprint density at radius 1 is 1.30 bits per heavy atom. The van der Waals surface area contributed by atoms with Gasteiger partial charge in [0.05, 0.1) is 11.4 Å². The standard InChI is InChI=1S/C14H12BrFN2OS/c15-9-5-6-13(11(17)7-9)20-8-14(19)18-12-4-2-1-3-10(12)16/h1-7H,8,17H2,(H,18,19). The summed E-state index contributed by atoms with van der Waals surface area (Å²) in [6.07, 6.45) is 0. The van der Waals surface area contributed by atoms with Gasteiger partial charge in [0.15, 0.2) is 0 Å². The van der Waals surface area contributed by atoms with Crippen LogP contribution in [0.1, 0.15) is 0 Å².